The molecule has 1 aliphatic rings. The third-order valence-electron chi connectivity index (χ3n) is 0.939. The highest BCUT2D eigenvalue weighted by atomic mass is 31.1. The highest BCUT2D eigenvalue weighted by Crippen LogP contribution is 2.06. The van der Waals surface area contributed by atoms with Crippen molar-refractivity contribution >= 4 is 14.9 Å². The zero-order valence-corrected chi connectivity index (χ0v) is 5.14. The van der Waals surface area contributed by atoms with Gasteiger partial charge in [0, 0.05) is 15.4 Å². The highest BCUT2D eigenvalue weighted by Gasteiger charge is 2.19. The largest absolute Gasteiger partial charge is 0.480 e. The van der Waals surface area contributed by atoms with E-state index in [1.54, 1.807) is 0 Å². The van der Waals surface area contributed by atoms with Crippen LogP contribution in [-0.2, 0) is 4.79 Å². The predicted molar refractivity (Wildman–Crippen MR) is 30.9 cm³/mol. The molecule has 0 aromatic heterocycles. The second-order valence-corrected chi connectivity index (χ2v) is 2.43. The van der Waals surface area contributed by atoms with Crippen LogP contribution in [-0.4, -0.2) is 23.7 Å². The van der Waals surface area contributed by atoms with Crippen LogP contribution in [0.1, 0.15) is 0 Å². The zero-order chi connectivity index (χ0) is 5.98. The van der Waals surface area contributed by atoms with Crippen molar-refractivity contribution in [1.82, 2.24) is 10.2 Å². The summed E-state index contributed by atoms with van der Waals surface area (Å²) in [5, 5.41) is 14.0. The van der Waals surface area contributed by atoms with Gasteiger partial charge in [-0.3, -0.25) is 15.0 Å². The molecule has 0 spiro atoms. The van der Waals surface area contributed by atoms with Crippen LogP contribution >= 0.6 is 8.88 Å². The van der Waals surface area contributed by atoms with E-state index in [9.17, 15) is 4.79 Å². The Labute approximate surface area is 48.5 Å². The number of hydrogen-bond donors (Lipinski definition) is 3. The van der Waals surface area contributed by atoms with Gasteiger partial charge in [0.2, 0.25) is 0 Å². The topological polar surface area (TPSA) is 61.4 Å². The van der Waals surface area contributed by atoms with Crippen LogP contribution in [0.5, 0.6) is 0 Å². The maximum Gasteiger partial charge on any atom is 0.322 e. The number of carboxylic acid groups (broad SMARTS) is 1. The van der Waals surface area contributed by atoms with Crippen molar-refractivity contribution in [3.63, 3.8) is 0 Å². The lowest BCUT2D eigenvalue weighted by Crippen LogP contribution is -2.30. The summed E-state index contributed by atoms with van der Waals surface area (Å²) in [7, 11) is 0.401. The van der Waals surface area contributed by atoms with Crippen molar-refractivity contribution < 1.29 is 9.90 Å². The molecule has 5 heteroatoms. The molecule has 8 heavy (non-hydrogen) atoms. The monoisotopic (exact) mass is 134 g/mol. The second-order valence-electron chi connectivity index (χ2n) is 1.54. The lowest BCUT2D eigenvalue weighted by molar-refractivity contribution is -0.138. The Morgan fingerprint density at radius 1 is 1.88 bits per heavy atom. The van der Waals surface area contributed by atoms with Crippen molar-refractivity contribution in [2.75, 3.05) is 6.54 Å². The third-order valence-corrected chi connectivity index (χ3v) is 1.81. The smallest absolute Gasteiger partial charge is 0.322 e. The summed E-state index contributed by atoms with van der Waals surface area (Å²) in [5.41, 5.74) is 0. The molecule has 0 aliphatic carbocycles. The van der Waals surface area contributed by atoms with Gasteiger partial charge in [-0.15, -0.1) is 0 Å². The Hall–Kier alpha value is -0.180. The van der Waals surface area contributed by atoms with Crippen LogP contribution in [0.15, 0.2) is 0 Å². The summed E-state index contributed by atoms with van der Waals surface area (Å²) in [4.78, 5) is 10.1. The Morgan fingerprint density at radius 2 is 2.62 bits per heavy atom. The molecule has 3 N–H and O–H groups in total. The summed E-state index contributed by atoms with van der Waals surface area (Å²) in [5.74, 6) is -0.775. The molecule has 2 unspecified atom stereocenters. The molecule has 1 saturated heterocycles. The molecule has 1 rings (SSSR count). The molecular formula is C3H7N2O2P. The van der Waals surface area contributed by atoms with Crippen LogP contribution in [0.4, 0.5) is 0 Å². The quantitative estimate of drug-likeness (QED) is 0.408. The van der Waals surface area contributed by atoms with E-state index in [1.807, 2.05) is 0 Å². The summed E-state index contributed by atoms with van der Waals surface area (Å²) in [6, 6.07) is -0.367. The Morgan fingerprint density at radius 3 is 2.88 bits per heavy atom. The lowest BCUT2D eigenvalue weighted by atomic mass is 10.3. The summed E-state index contributed by atoms with van der Waals surface area (Å²) < 4.78 is 0. The molecule has 2 atom stereocenters. The van der Waals surface area contributed by atoms with E-state index in [4.69, 9.17) is 5.11 Å². The van der Waals surface area contributed by atoms with E-state index >= 15 is 0 Å². The number of rotatable bonds is 1. The van der Waals surface area contributed by atoms with Gasteiger partial charge in [-0.05, 0) is 0 Å². The molecular weight excluding hydrogens is 127 g/mol. The van der Waals surface area contributed by atoms with E-state index in [0.29, 0.717) is 15.4 Å². The third kappa shape index (κ3) is 1.15. The fourth-order valence-electron chi connectivity index (χ4n) is 0.491. The van der Waals surface area contributed by atoms with E-state index in [0.717, 1.165) is 0 Å². The molecule has 0 radical (unpaired) electrons. The van der Waals surface area contributed by atoms with Crippen molar-refractivity contribution in [3.8, 4) is 0 Å². The standard InChI is InChI=1S/C3H7N2O2P/c6-3(7)2-1-4-8-5-2/h2,4-5,8H,1H2,(H,6,7). The first-order valence-corrected chi connectivity index (χ1v) is 3.27. The average Bonchev–Trinajstić information content (AvgIpc) is 2.12. The van der Waals surface area contributed by atoms with Crippen molar-refractivity contribution in [2.45, 2.75) is 6.04 Å². The van der Waals surface area contributed by atoms with E-state index in [2.05, 4.69) is 10.2 Å². The summed E-state index contributed by atoms with van der Waals surface area (Å²) >= 11 is 0. The van der Waals surface area contributed by atoms with Gasteiger partial charge in [0.15, 0.2) is 0 Å². The summed E-state index contributed by atoms with van der Waals surface area (Å²) in [6.07, 6.45) is 0. The van der Waals surface area contributed by atoms with Crippen LogP contribution in [0.2, 0.25) is 0 Å². The fraction of sp³-hybridized carbons (Fsp3) is 0.667. The SMILES string of the molecule is O=C(O)C1CNPN1. The Balaban J connectivity index is 2.35. The van der Waals surface area contributed by atoms with Gasteiger partial charge in [-0.2, -0.15) is 0 Å². The average molecular weight is 134 g/mol. The van der Waals surface area contributed by atoms with Gasteiger partial charge in [0.05, 0.1) is 0 Å². The molecule has 0 aromatic rings. The van der Waals surface area contributed by atoms with Crippen molar-refractivity contribution in [2.24, 2.45) is 0 Å². The lowest BCUT2D eigenvalue weighted by Gasteiger charge is -1.97. The molecule has 1 fully saturated rings. The zero-order valence-electron chi connectivity index (χ0n) is 4.14. The first-order chi connectivity index (χ1) is 3.80. The highest BCUT2D eigenvalue weighted by molar-refractivity contribution is 7.33. The number of aliphatic carboxylic acids is 1. The second kappa shape index (κ2) is 2.40. The molecule has 0 saturated carbocycles. The van der Waals surface area contributed by atoms with Crippen LogP contribution < -0.4 is 10.2 Å². The predicted octanol–water partition coefficient (Wildman–Crippen LogP) is -0.859. The number of nitrogens with one attached hydrogen (secondary N) is 2. The van der Waals surface area contributed by atoms with Gasteiger partial charge in [-0.1, -0.05) is 0 Å². The summed E-state index contributed by atoms with van der Waals surface area (Å²) in [6.45, 7) is 0.549. The maximum absolute atomic E-state index is 10.1. The van der Waals surface area contributed by atoms with Crippen LogP contribution in [0.25, 0.3) is 0 Å². The van der Waals surface area contributed by atoms with Gasteiger partial charge in [0.25, 0.3) is 0 Å². The molecule has 0 amide bonds. The molecule has 0 bridgehead atoms. The number of carbonyl (C=O) groups is 1. The van der Waals surface area contributed by atoms with Crippen molar-refractivity contribution in [3.05, 3.63) is 0 Å². The molecule has 1 aliphatic heterocycles. The Kier molecular flexibility index (Phi) is 1.78. The fourth-order valence-corrected chi connectivity index (χ4v) is 1.30. The van der Waals surface area contributed by atoms with Crippen LogP contribution in [0.3, 0.4) is 0 Å². The van der Waals surface area contributed by atoms with E-state index in [1.165, 1.54) is 0 Å². The minimum atomic E-state index is -0.775. The van der Waals surface area contributed by atoms with Gasteiger partial charge < -0.3 is 5.11 Å². The van der Waals surface area contributed by atoms with Crippen molar-refractivity contribution in [1.29, 1.82) is 0 Å². The molecule has 46 valence electrons. The minimum Gasteiger partial charge on any atom is -0.480 e. The number of hydrogen-bond acceptors (Lipinski definition) is 3. The maximum atomic E-state index is 10.1. The van der Waals surface area contributed by atoms with Gasteiger partial charge in [0.1, 0.15) is 6.04 Å². The molecule has 1 heterocycles. The van der Waals surface area contributed by atoms with Crippen LogP contribution in [0, 0.1) is 0 Å². The minimum absolute atomic E-state index is 0.367. The van der Waals surface area contributed by atoms with Gasteiger partial charge in [-0.25, -0.2) is 0 Å². The Bertz CT molecular complexity index is 101. The molecule has 4 nitrogen and oxygen atoms in total. The van der Waals surface area contributed by atoms with Gasteiger partial charge >= 0.3 is 5.97 Å². The first kappa shape index (κ1) is 5.95. The van der Waals surface area contributed by atoms with E-state index in [-0.39, 0.29) is 6.04 Å². The number of carboxylic acids is 1. The van der Waals surface area contributed by atoms with E-state index < -0.39 is 5.97 Å². The molecule has 0 aromatic carbocycles. The first-order valence-electron chi connectivity index (χ1n) is 2.27. The normalized spacial score (nSPS) is 31.2.